The molecule has 0 amide bonds. The third-order valence-corrected chi connectivity index (χ3v) is 3.78. The molecule has 102 valence electrons. The maximum absolute atomic E-state index is 5.99. The van der Waals surface area contributed by atoms with Crippen molar-refractivity contribution in [3.63, 3.8) is 0 Å². The van der Waals surface area contributed by atoms with E-state index in [4.69, 9.17) is 15.2 Å². The van der Waals surface area contributed by atoms with Gasteiger partial charge in [0.25, 0.3) is 0 Å². The van der Waals surface area contributed by atoms with E-state index >= 15 is 0 Å². The Morgan fingerprint density at radius 2 is 1.95 bits per heavy atom. The molecule has 2 rings (SSSR count). The lowest BCUT2D eigenvalue weighted by atomic mass is 10.2. The van der Waals surface area contributed by atoms with Crippen LogP contribution in [0.15, 0.2) is 17.6 Å². The lowest BCUT2D eigenvalue weighted by Gasteiger charge is -2.13. The number of rotatable bonds is 5. The van der Waals surface area contributed by atoms with Gasteiger partial charge in [0.05, 0.1) is 43.3 Å². The van der Waals surface area contributed by atoms with Crippen molar-refractivity contribution in [3.05, 3.63) is 28.2 Å². The number of hydrogen-bond donors (Lipinski definition) is 2. The van der Waals surface area contributed by atoms with Gasteiger partial charge < -0.3 is 20.5 Å². The Hall–Kier alpha value is -1.95. The first-order chi connectivity index (χ1) is 9.15. The Labute approximate surface area is 116 Å². The molecule has 0 aliphatic rings. The zero-order chi connectivity index (χ0) is 13.8. The van der Waals surface area contributed by atoms with Crippen LogP contribution in [-0.2, 0) is 6.54 Å². The Morgan fingerprint density at radius 1 is 1.26 bits per heavy atom. The van der Waals surface area contributed by atoms with Crippen LogP contribution in [0.1, 0.15) is 10.6 Å². The Balaban J connectivity index is 2.18. The van der Waals surface area contributed by atoms with E-state index in [2.05, 4.69) is 10.3 Å². The lowest BCUT2D eigenvalue weighted by Crippen LogP contribution is -2.03. The van der Waals surface area contributed by atoms with Crippen molar-refractivity contribution < 1.29 is 9.47 Å². The Morgan fingerprint density at radius 3 is 2.53 bits per heavy atom. The van der Waals surface area contributed by atoms with E-state index in [1.54, 1.807) is 31.6 Å². The summed E-state index contributed by atoms with van der Waals surface area (Å²) in [6.45, 7) is 2.68. The van der Waals surface area contributed by atoms with Gasteiger partial charge in [0.15, 0.2) is 11.5 Å². The SMILES string of the molecule is COc1cc(N)c(NCc2scnc2C)cc1OC. The number of aryl methyl sites for hydroxylation is 1. The van der Waals surface area contributed by atoms with Crippen LogP contribution in [0.3, 0.4) is 0 Å². The lowest BCUT2D eigenvalue weighted by molar-refractivity contribution is 0.355. The van der Waals surface area contributed by atoms with Crippen molar-refractivity contribution in [2.24, 2.45) is 0 Å². The highest BCUT2D eigenvalue weighted by Crippen LogP contribution is 2.35. The highest BCUT2D eigenvalue weighted by Gasteiger charge is 2.09. The third kappa shape index (κ3) is 2.90. The van der Waals surface area contributed by atoms with Crippen molar-refractivity contribution >= 4 is 22.7 Å². The van der Waals surface area contributed by atoms with Crippen LogP contribution in [-0.4, -0.2) is 19.2 Å². The molecule has 3 N–H and O–H groups in total. The van der Waals surface area contributed by atoms with Crippen molar-refractivity contribution in [1.29, 1.82) is 0 Å². The summed E-state index contributed by atoms with van der Waals surface area (Å²) in [6, 6.07) is 3.59. The molecule has 0 radical (unpaired) electrons. The van der Waals surface area contributed by atoms with Gasteiger partial charge >= 0.3 is 0 Å². The molecule has 0 unspecified atom stereocenters. The molecule has 6 heteroatoms. The molecule has 0 saturated heterocycles. The average molecular weight is 279 g/mol. The van der Waals surface area contributed by atoms with Crippen LogP contribution in [0.5, 0.6) is 11.5 Å². The number of methoxy groups -OCH3 is 2. The monoisotopic (exact) mass is 279 g/mol. The van der Waals surface area contributed by atoms with Gasteiger partial charge in [0.1, 0.15) is 0 Å². The number of thiazole rings is 1. The molecule has 1 aromatic heterocycles. The van der Waals surface area contributed by atoms with E-state index in [1.807, 2.05) is 18.5 Å². The second-order valence-corrected chi connectivity index (χ2v) is 4.95. The molecule has 0 aliphatic heterocycles. The van der Waals surface area contributed by atoms with Crippen LogP contribution in [0.25, 0.3) is 0 Å². The molecule has 19 heavy (non-hydrogen) atoms. The number of hydrogen-bond acceptors (Lipinski definition) is 6. The van der Waals surface area contributed by atoms with Crippen LogP contribution in [0.2, 0.25) is 0 Å². The molecule has 1 heterocycles. The number of ether oxygens (including phenoxy) is 2. The molecule has 0 aliphatic carbocycles. The van der Waals surface area contributed by atoms with Gasteiger partial charge in [-0.2, -0.15) is 0 Å². The molecule has 1 aromatic carbocycles. The largest absolute Gasteiger partial charge is 0.493 e. The van der Waals surface area contributed by atoms with Crippen molar-refractivity contribution in [1.82, 2.24) is 4.98 Å². The number of nitrogens with two attached hydrogens (primary N) is 1. The number of benzene rings is 1. The predicted molar refractivity (Wildman–Crippen MR) is 78.1 cm³/mol. The minimum absolute atomic E-state index is 0.625. The Kier molecular flexibility index (Phi) is 4.11. The minimum atomic E-state index is 0.625. The summed E-state index contributed by atoms with van der Waals surface area (Å²) in [4.78, 5) is 5.40. The number of nitrogen functional groups attached to an aromatic ring is 1. The Bertz CT molecular complexity index is 569. The van der Waals surface area contributed by atoms with Gasteiger partial charge in [-0.3, -0.25) is 0 Å². The molecule has 0 atom stereocenters. The summed E-state index contributed by atoms with van der Waals surface area (Å²) in [5.41, 5.74) is 10.3. The first-order valence-electron chi connectivity index (χ1n) is 5.80. The summed E-state index contributed by atoms with van der Waals surface area (Å²) in [6.07, 6.45) is 0. The fraction of sp³-hybridized carbons (Fsp3) is 0.308. The number of aromatic nitrogens is 1. The zero-order valence-electron chi connectivity index (χ0n) is 11.2. The average Bonchev–Trinajstić information content (AvgIpc) is 2.82. The van der Waals surface area contributed by atoms with Crippen LogP contribution < -0.4 is 20.5 Å². The van der Waals surface area contributed by atoms with Gasteiger partial charge in [-0.05, 0) is 6.92 Å². The summed E-state index contributed by atoms with van der Waals surface area (Å²) < 4.78 is 10.5. The van der Waals surface area contributed by atoms with E-state index in [-0.39, 0.29) is 0 Å². The molecule has 0 spiro atoms. The standard InChI is InChI=1S/C13H17N3O2S/c1-8-13(19-7-16-8)6-15-10-5-12(18-3)11(17-2)4-9(10)14/h4-5,7,15H,6,14H2,1-3H3. The number of nitrogens with one attached hydrogen (secondary N) is 1. The van der Waals surface area contributed by atoms with E-state index in [0.717, 1.165) is 11.4 Å². The van der Waals surface area contributed by atoms with Crippen LogP contribution >= 0.6 is 11.3 Å². The fourth-order valence-corrected chi connectivity index (χ4v) is 2.44. The molecule has 0 fully saturated rings. The second-order valence-electron chi connectivity index (χ2n) is 4.01. The summed E-state index contributed by atoms with van der Waals surface area (Å²) in [7, 11) is 3.19. The van der Waals surface area contributed by atoms with E-state index in [0.29, 0.717) is 23.7 Å². The van der Waals surface area contributed by atoms with Gasteiger partial charge in [0.2, 0.25) is 0 Å². The van der Waals surface area contributed by atoms with Gasteiger partial charge in [-0.15, -0.1) is 11.3 Å². The first-order valence-corrected chi connectivity index (χ1v) is 6.68. The third-order valence-electron chi connectivity index (χ3n) is 2.84. The van der Waals surface area contributed by atoms with E-state index < -0.39 is 0 Å². The summed E-state index contributed by atoms with van der Waals surface area (Å²) in [5, 5.41) is 3.29. The smallest absolute Gasteiger partial charge is 0.162 e. The maximum Gasteiger partial charge on any atom is 0.162 e. The molecule has 0 bridgehead atoms. The fourth-order valence-electron chi connectivity index (χ4n) is 1.72. The van der Waals surface area contributed by atoms with Crippen molar-refractivity contribution in [2.75, 3.05) is 25.3 Å². The number of anilines is 2. The summed E-state index contributed by atoms with van der Waals surface area (Å²) >= 11 is 1.62. The molecule has 2 aromatic rings. The quantitative estimate of drug-likeness (QED) is 0.823. The molecule has 5 nitrogen and oxygen atoms in total. The molecular weight excluding hydrogens is 262 g/mol. The summed E-state index contributed by atoms with van der Waals surface area (Å²) in [5.74, 6) is 1.28. The normalized spacial score (nSPS) is 10.3. The zero-order valence-corrected chi connectivity index (χ0v) is 12.0. The number of nitrogens with zero attached hydrogens (tertiary/aromatic N) is 1. The molecular formula is C13H17N3O2S. The highest BCUT2D eigenvalue weighted by molar-refractivity contribution is 7.09. The first kappa shape index (κ1) is 13.5. The van der Waals surface area contributed by atoms with E-state index in [1.165, 1.54) is 4.88 Å². The second kappa shape index (κ2) is 5.79. The van der Waals surface area contributed by atoms with Crippen LogP contribution in [0, 0.1) is 6.92 Å². The van der Waals surface area contributed by atoms with Crippen LogP contribution in [0.4, 0.5) is 11.4 Å². The topological polar surface area (TPSA) is 69.4 Å². The minimum Gasteiger partial charge on any atom is -0.493 e. The van der Waals surface area contributed by atoms with Gasteiger partial charge in [-0.25, -0.2) is 4.98 Å². The van der Waals surface area contributed by atoms with Gasteiger partial charge in [-0.1, -0.05) is 0 Å². The molecule has 0 saturated carbocycles. The van der Waals surface area contributed by atoms with Crippen molar-refractivity contribution in [3.8, 4) is 11.5 Å². The maximum atomic E-state index is 5.99. The van der Waals surface area contributed by atoms with Gasteiger partial charge in [0, 0.05) is 17.0 Å². The highest BCUT2D eigenvalue weighted by atomic mass is 32.1. The van der Waals surface area contributed by atoms with Crippen molar-refractivity contribution in [2.45, 2.75) is 13.5 Å². The predicted octanol–water partition coefficient (Wildman–Crippen LogP) is 2.66. The van der Waals surface area contributed by atoms with E-state index in [9.17, 15) is 0 Å².